The fraction of sp³-hybridized carbons (Fsp3) is 0.333. The number of carbonyl (C=O) groups excluding carboxylic acids is 2. The van der Waals surface area contributed by atoms with Crippen molar-refractivity contribution in [3.63, 3.8) is 0 Å². The number of rotatable bonds is 4. The summed E-state index contributed by atoms with van der Waals surface area (Å²) in [6.45, 7) is 3.40. The smallest absolute Gasteiger partial charge is 0.290 e. The van der Waals surface area contributed by atoms with Crippen molar-refractivity contribution in [2.45, 2.75) is 25.9 Å². The first-order valence-corrected chi connectivity index (χ1v) is 6.49. The zero-order valence-corrected chi connectivity index (χ0v) is 11.5. The first kappa shape index (κ1) is 14.3. The molecular weight excluding hydrogens is 256 g/mol. The van der Waals surface area contributed by atoms with Crippen LogP contribution in [0.3, 0.4) is 0 Å². The van der Waals surface area contributed by atoms with Crippen LogP contribution in [0.1, 0.15) is 25.5 Å². The van der Waals surface area contributed by atoms with Gasteiger partial charge in [0, 0.05) is 12.6 Å². The molecule has 1 aromatic carbocycles. The van der Waals surface area contributed by atoms with Crippen LogP contribution >= 0.6 is 0 Å². The van der Waals surface area contributed by atoms with Crippen LogP contribution in [0.25, 0.3) is 0 Å². The van der Waals surface area contributed by atoms with Crippen LogP contribution in [0.2, 0.25) is 0 Å². The van der Waals surface area contributed by atoms with Gasteiger partial charge < -0.3 is 15.7 Å². The van der Waals surface area contributed by atoms with E-state index in [0.717, 1.165) is 5.56 Å². The highest BCUT2D eigenvalue weighted by Crippen LogP contribution is 2.37. The fourth-order valence-electron chi connectivity index (χ4n) is 2.49. The van der Waals surface area contributed by atoms with Gasteiger partial charge in [0.1, 0.15) is 0 Å². The zero-order valence-electron chi connectivity index (χ0n) is 11.5. The summed E-state index contributed by atoms with van der Waals surface area (Å²) in [5.74, 6) is -1.31. The van der Waals surface area contributed by atoms with E-state index >= 15 is 0 Å². The predicted molar refractivity (Wildman–Crippen MR) is 74.9 cm³/mol. The molecule has 1 aromatic rings. The maximum Gasteiger partial charge on any atom is 0.290 e. The third kappa shape index (κ3) is 2.44. The monoisotopic (exact) mass is 274 g/mol. The van der Waals surface area contributed by atoms with Crippen molar-refractivity contribution in [3.05, 3.63) is 47.2 Å². The maximum absolute atomic E-state index is 12.1. The summed E-state index contributed by atoms with van der Waals surface area (Å²) in [6, 6.07) is 8.36. The highest BCUT2D eigenvalue weighted by atomic mass is 16.3. The van der Waals surface area contributed by atoms with E-state index in [4.69, 9.17) is 5.73 Å². The lowest BCUT2D eigenvalue weighted by Gasteiger charge is -2.27. The Kier molecular flexibility index (Phi) is 3.90. The predicted octanol–water partition coefficient (Wildman–Crippen LogP) is 1.32. The number of aliphatic hydroxyl groups is 1. The van der Waals surface area contributed by atoms with Crippen LogP contribution in [0.4, 0.5) is 0 Å². The van der Waals surface area contributed by atoms with Crippen molar-refractivity contribution in [2.24, 2.45) is 5.73 Å². The van der Waals surface area contributed by atoms with Gasteiger partial charge in [-0.15, -0.1) is 0 Å². The van der Waals surface area contributed by atoms with Gasteiger partial charge in [0.2, 0.25) is 0 Å². The molecule has 0 fully saturated rings. The lowest BCUT2D eigenvalue weighted by molar-refractivity contribution is -0.129. The second-order valence-electron chi connectivity index (χ2n) is 5.07. The standard InChI is InChI=1S/C15H18N2O3/c1-9(16)8-17-13(11-6-4-3-5-7-11)12(10(2)18)14(19)15(17)20/h3-7,9,13,19H,8,16H2,1-2H3/t9-,13+/m0/s1. The van der Waals surface area contributed by atoms with Gasteiger partial charge in [0.15, 0.2) is 11.5 Å². The van der Waals surface area contributed by atoms with Crippen LogP contribution in [0.15, 0.2) is 41.7 Å². The van der Waals surface area contributed by atoms with Crippen LogP contribution in [0.5, 0.6) is 0 Å². The summed E-state index contributed by atoms with van der Waals surface area (Å²) in [5.41, 5.74) is 6.69. The van der Waals surface area contributed by atoms with E-state index in [2.05, 4.69) is 0 Å². The second kappa shape index (κ2) is 5.46. The van der Waals surface area contributed by atoms with Gasteiger partial charge >= 0.3 is 0 Å². The minimum Gasteiger partial charge on any atom is -0.503 e. The highest BCUT2D eigenvalue weighted by molar-refractivity contribution is 6.08. The Morgan fingerprint density at radius 1 is 1.40 bits per heavy atom. The molecule has 1 aliphatic rings. The SMILES string of the molecule is CC(=O)C1=C(O)C(=O)N(C[C@H](C)N)[C@@H]1c1ccccc1. The molecule has 5 nitrogen and oxygen atoms in total. The molecule has 0 saturated heterocycles. The van der Waals surface area contributed by atoms with Crippen LogP contribution in [0, 0.1) is 0 Å². The van der Waals surface area contributed by atoms with Gasteiger partial charge in [-0.1, -0.05) is 30.3 Å². The van der Waals surface area contributed by atoms with Gasteiger partial charge in [0.05, 0.1) is 11.6 Å². The Bertz CT molecular complexity index is 564. The maximum atomic E-state index is 12.1. The molecule has 0 aliphatic carbocycles. The molecule has 0 saturated carbocycles. The number of ketones is 1. The van der Waals surface area contributed by atoms with Crippen LogP contribution in [-0.4, -0.2) is 34.3 Å². The number of hydrogen-bond donors (Lipinski definition) is 2. The number of nitrogens with two attached hydrogens (primary N) is 1. The quantitative estimate of drug-likeness (QED) is 0.867. The molecule has 0 spiro atoms. The molecule has 1 aliphatic heterocycles. The number of nitrogens with zero attached hydrogens (tertiary/aromatic N) is 1. The Labute approximate surface area is 117 Å². The number of hydrogen-bond acceptors (Lipinski definition) is 4. The van der Waals surface area contributed by atoms with Crippen molar-refractivity contribution in [1.82, 2.24) is 4.90 Å². The fourth-order valence-corrected chi connectivity index (χ4v) is 2.49. The molecule has 0 bridgehead atoms. The van der Waals surface area contributed by atoms with E-state index in [-0.39, 0.29) is 23.9 Å². The highest BCUT2D eigenvalue weighted by Gasteiger charge is 2.42. The molecule has 5 heteroatoms. The third-order valence-corrected chi connectivity index (χ3v) is 3.28. The summed E-state index contributed by atoms with van der Waals surface area (Å²) in [6.07, 6.45) is 0. The molecule has 2 rings (SSSR count). The average Bonchev–Trinajstić information content (AvgIpc) is 2.64. The summed E-state index contributed by atoms with van der Waals surface area (Å²) in [5, 5.41) is 9.97. The molecular formula is C15H18N2O3. The summed E-state index contributed by atoms with van der Waals surface area (Å²) in [4.78, 5) is 25.4. The van der Waals surface area contributed by atoms with Crippen molar-refractivity contribution in [1.29, 1.82) is 0 Å². The van der Waals surface area contributed by atoms with Gasteiger partial charge in [-0.2, -0.15) is 0 Å². The minimum absolute atomic E-state index is 0.141. The van der Waals surface area contributed by atoms with Crippen LogP contribution < -0.4 is 5.73 Å². The molecule has 3 N–H and O–H groups in total. The lowest BCUT2D eigenvalue weighted by atomic mass is 9.96. The molecule has 1 heterocycles. The molecule has 0 radical (unpaired) electrons. The van der Waals surface area contributed by atoms with E-state index in [1.807, 2.05) is 30.3 Å². The van der Waals surface area contributed by atoms with Crippen molar-refractivity contribution < 1.29 is 14.7 Å². The minimum atomic E-state index is -0.563. The Morgan fingerprint density at radius 2 is 2.00 bits per heavy atom. The number of carbonyl (C=O) groups is 2. The Balaban J connectivity index is 2.50. The first-order chi connectivity index (χ1) is 9.43. The van der Waals surface area contributed by atoms with Gasteiger partial charge in [-0.3, -0.25) is 9.59 Å². The number of amides is 1. The molecule has 0 unspecified atom stereocenters. The van der Waals surface area contributed by atoms with E-state index < -0.39 is 17.7 Å². The van der Waals surface area contributed by atoms with Crippen molar-refractivity contribution in [3.8, 4) is 0 Å². The number of aliphatic hydroxyl groups excluding tert-OH is 1. The first-order valence-electron chi connectivity index (χ1n) is 6.49. The van der Waals surface area contributed by atoms with E-state index in [9.17, 15) is 14.7 Å². The topological polar surface area (TPSA) is 83.6 Å². The molecule has 106 valence electrons. The number of Topliss-reactive ketones (excluding diaryl/α,β-unsaturated/α-hetero) is 1. The summed E-state index contributed by atoms with van der Waals surface area (Å²) >= 11 is 0. The summed E-state index contributed by atoms with van der Waals surface area (Å²) in [7, 11) is 0. The zero-order chi connectivity index (χ0) is 14.9. The van der Waals surface area contributed by atoms with E-state index in [0.29, 0.717) is 0 Å². The lowest BCUT2D eigenvalue weighted by Crippen LogP contribution is -2.39. The second-order valence-corrected chi connectivity index (χ2v) is 5.07. The molecule has 1 amide bonds. The van der Waals surface area contributed by atoms with Gasteiger partial charge in [-0.05, 0) is 19.4 Å². The number of benzene rings is 1. The molecule has 0 aromatic heterocycles. The van der Waals surface area contributed by atoms with E-state index in [1.165, 1.54) is 11.8 Å². The third-order valence-electron chi connectivity index (χ3n) is 3.28. The average molecular weight is 274 g/mol. The summed E-state index contributed by atoms with van der Waals surface area (Å²) < 4.78 is 0. The van der Waals surface area contributed by atoms with Gasteiger partial charge in [-0.25, -0.2) is 0 Å². The molecule has 2 atom stereocenters. The van der Waals surface area contributed by atoms with Crippen LogP contribution in [-0.2, 0) is 9.59 Å². The van der Waals surface area contributed by atoms with Gasteiger partial charge in [0.25, 0.3) is 5.91 Å². The van der Waals surface area contributed by atoms with E-state index in [1.54, 1.807) is 6.92 Å². The Morgan fingerprint density at radius 3 is 2.50 bits per heavy atom. The van der Waals surface area contributed by atoms with Crippen molar-refractivity contribution in [2.75, 3.05) is 6.54 Å². The molecule has 20 heavy (non-hydrogen) atoms. The van der Waals surface area contributed by atoms with Crippen molar-refractivity contribution >= 4 is 11.7 Å². The Hall–Kier alpha value is -2.14. The largest absolute Gasteiger partial charge is 0.503 e. The normalized spacial score (nSPS) is 20.4.